The van der Waals surface area contributed by atoms with Gasteiger partial charge in [-0.05, 0) is 37.3 Å². The molecule has 1 aliphatic rings. The lowest BCUT2D eigenvalue weighted by Gasteiger charge is -2.23. The highest BCUT2D eigenvalue weighted by molar-refractivity contribution is 7.80. The van der Waals surface area contributed by atoms with E-state index in [0.29, 0.717) is 28.1 Å². The summed E-state index contributed by atoms with van der Waals surface area (Å²) in [6.07, 6.45) is 0.395. The van der Waals surface area contributed by atoms with E-state index in [9.17, 15) is 4.79 Å². The van der Waals surface area contributed by atoms with Crippen LogP contribution in [-0.4, -0.2) is 35.8 Å². The normalized spacial score (nSPS) is 18.9. The zero-order valence-corrected chi connectivity index (χ0v) is 16.5. The number of methoxy groups -OCH3 is 1. The molecule has 0 saturated carbocycles. The largest absolute Gasteiger partial charge is 0.481 e. The number of benzene rings is 1. The molecule has 0 saturated heterocycles. The minimum Gasteiger partial charge on any atom is -0.481 e. The Balaban J connectivity index is 2.05. The molecule has 1 aromatic heterocycles. The monoisotopic (exact) mass is 406 g/mol. The Morgan fingerprint density at radius 2 is 2.19 bits per heavy atom. The number of thiocarbonyl (C=S) groups is 1. The first-order valence-corrected chi connectivity index (χ1v) is 9.22. The van der Waals surface area contributed by atoms with Crippen LogP contribution in [0.5, 0.6) is 5.88 Å². The number of pyridine rings is 1. The highest BCUT2D eigenvalue weighted by Crippen LogP contribution is 2.40. The molecule has 2 aromatic rings. The highest BCUT2D eigenvalue weighted by Gasteiger charge is 2.33. The number of hydrogen-bond donors (Lipinski definition) is 1. The van der Waals surface area contributed by atoms with Gasteiger partial charge in [-0.25, -0.2) is 4.98 Å². The van der Waals surface area contributed by atoms with Crippen molar-refractivity contribution in [2.45, 2.75) is 25.6 Å². The van der Waals surface area contributed by atoms with Gasteiger partial charge in [-0.3, -0.25) is 4.79 Å². The molecule has 1 aromatic carbocycles. The molecule has 2 atom stereocenters. The van der Waals surface area contributed by atoms with Crippen LogP contribution in [0, 0.1) is 0 Å². The second-order valence-corrected chi connectivity index (χ2v) is 6.71. The van der Waals surface area contributed by atoms with Crippen LogP contribution in [0.1, 0.15) is 30.6 Å². The lowest BCUT2D eigenvalue weighted by Crippen LogP contribution is -2.31. The summed E-state index contributed by atoms with van der Waals surface area (Å²) >= 11 is 11.7. The molecule has 0 aliphatic carbocycles. The quantitative estimate of drug-likeness (QED) is 0.596. The summed E-state index contributed by atoms with van der Waals surface area (Å²) in [6, 6.07) is 9.05. The lowest BCUT2D eigenvalue weighted by molar-refractivity contribution is -0.145. The number of carbonyl (C=O) groups is 1. The lowest BCUT2D eigenvalue weighted by atomic mass is 10.0. The third-order valence-corrected chi connectivity index (χ3v) is 4.68. The molecule has 1 N–H and O–H groups in total. The van der Waals surface area contributed by atoms with Crippen LogP contribution in [0.2, 0.25) is 5.02 Å². The van der Waals surface area contributed by atoms with Gasteiger partial charge in [0, 0.05) is 28.0 Å². The highest BCUT2D eigenvalue weighted by atomic mass is 35.5. The molecule has 1 aliphatic heterocycles. The van der Waals surface area contributed by atoms with Crippen molar-refractivity contribution in [3.8, 4) is 5.88 Å². The van der Waals surface area contributed by atoms with Crippen LogP contribution in [0.3, 0.4) is 0 Å². The average Bonchev–Trinajstić information content (AvgIpc) is 2.79. The van der Waals surface area contributed by atoms with Crippen LogP contribution < -0.4 is 10.1 Å². The molecule has 2 heterocycles. The van der Waals surface area contributed by atoms with E-state index in [1.54, 1.807) is 38.4 Å². The van der Waals surface area contributed by atoms with Crippen molar-refractivity contribution in [1.29, 1.82) is 0 Å². The number of nitrogens with zero attached hydrogens (tertiary/aromatic N) is 1. The van der Waals surface area contributed by atoms with Crippen molar-refractivity contribution in [2.24, 2.45) is 0 Å². The zero-order chi connectivity index (χ0) is 19.4. The Labute approximate surface area is 167 Å². The molecule has 0 bridgehead atoms. The van der Waals surface area contributed by atoms with Gasteiger partial charge < -0.3 is 19.5 Å². The number of aromatic nitrogens is 1. The number of carbonyl (C=O) groups excluding carboxylic acids is 1. The van der Waals surface area contributed by atoms with Crippen LogP contribution in [-0.2, 0) is 14.3 Å². The van der Waals surface area contributed by atoms with Crippen molar-refractivity contribution in [3.63, 3.8) is 0 Å². The molecular formula is C19H19ClN2O4S. The third-order valence-electron chi connectivity index (χ3n) is 4.08. The second-order valence-electron chi connectivity index (χ2n) is 5.84. The van der Waals surface area contributed by atoms with Gasteiger partial charge in [0.05, 0.1) is 20.1 Å². The number of esters is 1. The number of nitrogens with one attached hydrogen (secondary N) is 1. The first kappa shape index (κ1) is 19.5. The van der Waals surface area contributed by atoms with E-state index in [-0.39, 0.29) is 12.4 Å². The molecule has 0 fully saturated rings. The van der Waals surface area contributed by atoms with Gasteiger partial charge in [0.25, 0.3) is 0 Å². The Kier molecular flexibility index (Phi) is 6.26. The fourth-order valence-electron chi connectivity index (χ4n) is 2.90. The van der Waals surface area contributed by atoms with Gasteiger partial charge in [-0.2, -0.15) is 0 Å². The zero-order valence-electron chi connectivity index (χ0n) is 14.9. The number of ether oxygens (including phenoxy) is 3. The van der Waals surface area contributed by atoms with Crippen LogP contribution in [0.4, 0.5) is 5.69 Å². The smallest absolute Gasteiger partial charge is 0.308 e. The van der Waals surface area contributed by atoms with E-state index < -0.39 is 12.2 Å². The SMILES string of the molecule is CCOC(=O)C[C@@H]1O[C@@H](c2cccnc2OC)c2cc(Cl)ccc2NC1=S. The molecular weight excluding hydrogens is 388 g/mol. The first-order chi connectivity index (χ1) is 13.0. The van der Waals surface area contributed by atoms with Gasteiger partial charge in [-0.1, -0.05) is 23.8 Å². The number of fused-ring (bicyclic) bond motifs is 1. The molecule has 3 rings (SSSR count). The van der Waals surface area contributed by atoms with Crippen molar-refractivity contribution in [2.75, 3.05) is 19.0 Å². The Bertz CT molecular complexity index is 861. The van der Waals surface area contributed by atoms with E-state index in [4.69, 9.17) is 38.0 Å². The van der Waals surface area contributed by atoms with Gasteiger partial charge in [0.2, 0.25) is 5.88 Å². The molecule has 27 heavy (non-hydrogen) atoms. The summed E-state index contributed by atoms with van der Waals surface area (Å²) in [4.78, 5) is 16.7. The van der Waals surface area contributed by atoms with Crippen LogP contribution >= 0.6 is 23.8 Å². The summed E-state index contributed by atoms with van der Waals surface area (Å²) in [5.74, 6) is 0.0451. The summed E-state index contributed by atoms with van der Waals surface area (Å²) in [6.45, 7) is 2.05. The molecule has 8 heteroatoms. The molecule has 0 spiro atoms. The molecule has 142 valence electrons. The molecule has 0 amide bonds. The maximum absolute atomic E-state index is 12.0. The standard InChI is InChI=1S/C19H19ClN2O4S/c1-3-25-16(23)10-15-19(27)22-14-7-6-11(20)9-13(14)17(26-15)12-5-4-8-21-18(12)24-2/h4-9,15,17H,3,10H2,1-2H3,(H,22,27)/t15-,17-/m0/s1. The Morgan fingerprint density at radius 3 is 2.93 bits per heavy atom. The van der Waals surface area contributed by atoms with Crippen molar-refractivity contribution in [1.82, 2.24) is 4.98 Å². The van der Waals surface area contributed by atoms with Crippen LogP contribution in [0.15, 0.2) is 36.5 Å². The summed E-state index contributed by atoms with van der Waals surface area (Å²) in [5.41, 5.74) is 2.25. The minimum atomic E-state index is -0.667. The third kappa shape index (κ3) is 4.37. The maximum atomic E-state index is 12.0. The fourth-order valence-corrected chi connectivity index (χ4v) is 3.33. The van der Waals surface area contributed by atoms with E-state index in [0.717, 1.165) is 11.3 Å². The number of rotatable bonds is 5. The van der Waals surface area contributed by atoms with Gasteiger partial charge in [0.1, 0.15) is 17.2 Å². The summed E-state index contributed by atoms with van der Waals surface area (Å²) in [5, 5.41) is 3.72. The maximum Gasteiger partial charge on any atom is 0.308 e. The van der Waals surface area contributed by atoms with Crippen molar-refractivity contribution in [3.05, 3.63) is 52.7 Å². The van der Waals surface area contributed by atoms with Crippen molar-refractivity contribution < 1.29 is 19.0 Å². The van der Waals surface area contributed by atoms with E-state index in [1.807, 2.05) is 12.1 Å². The van der Waals surface area contributed by atoms with E-state index in [2.05, 4.69) is 10.3 Å². The van der Waals surface area contributed by atoms with E-state index >= 15 is 0 Å². The van der Waals surface area contributed by atoms with Gasteiger partial charge in [-0.15, -0.1) is 0 Å². The predicted octanol–water partition coefficient (Wildman–Crippen LogP) is 3.92. The average molecular weight is 407 g/mol. The first-order valence-electron chi connectivity index (χ1n) is 8.43. The predicted molar refractivity (Wildman–Crippen MR) is 106 cm³/mol. The van der Waals surface area contributed by atoms with Crippen molar-refractivity contribution >= 4 is 40.5 Å². The number of hydrogen-bond acceptors (Lipinski definition) is 6. The summed E-state index contributed by atoms with van der Waals surface area (Å²) in [7, 11) is 1.54. The van der Waals surface area contributed by atoms with E-state index in [1.165, 1.54) is 0 Å². The summed E-state index contributed by atoms with van der Waals surface area (Å²) < 4.78 is 16.7. The molecule has 6 nitrogen and oxygen atoms in total. The number of anilines is 1. The fraction of sp³-hybridized carbons (Fsp3) is 0.316. The van der Waals surface area contributed by atoms with Crippen LogP contribution in [0.25, 0.3) is 0 Å². The molecule has 0 radical (unpaired) electrons. The topological polar surface area (TPSA) is 69.7 Å². The number of halogens is 1. The minimum absolute atomic E-state index is 0.000468. The second kappa shape index (κ2) is 8.65. The Morgan fingerprint density at radius 1 is 1.37 bits per heavy atom. The van der Waals surface area contributed by atoms with Gasteiger partial charge in [0.15, 0.2) is 0 Å². The van der Waals surface area contributed by atoms with Gasteiger partial charge >= 0.3 is 5.97 Å². The Hall–Kier alpha value is -2.22. The molecule has 0 unspecified atom stereocenters.